The van der Waals surface area contributed by atoms with Crippen molar-refractivity contribution < 1.29 is 9.53 Å². The van der Waals surface area contributed by atoms with Crippen LogP contribution < -0.4 is 20.3 Å². The molecule has 1 saturated carbocycles. The molecule has 0 bridgehead atoms. The van der Waals surface area contributed by atoms with Gasteiger partial charge >= 0.3 is 0 Å². The van der Waals surface area contributed by atoms with E-state index in [2.05, 4.69) is 39.0 Å². The van der Waals surface area contributed by atoms with Gasteiger partial charge in [0, 0.05) is 30.7 Å². The Bertz CT molecular complexity index is 1460. The third-order valence-electron chi connectivity index (χ3n) is 7.24. The number of nitrogens with zero attached hydrogens (tertiary/aromatic N) is 4. The topological polar surface area (TPSA) is 108 Å². The summed E-state index contributed by atoms with van der Waals surface area (Å²) in [6.07, 6.45) is 4.80. The second-order valence-electron chi connectivity index (χ2n) is 9.71. The van der Waals surface area contributed by atoms with Gasteiger partial charge in [-0.05, 0) is 79.0 Å². The lowest BCUT2D eigenvalue weighted by Gasteiger charge is -2.15. The number of carbonyl (C=O) groups is 1. The highest BCUT2D eigenvalue weighted by molar-refractivity contribution is 5.92. The quantitative estimate of drug-likeness (QED) is 0.317. The van der Waals surface area contributed by atoms with Crippen molar-refractivity contribution in [3.05, 3.63) is 58.8 Å². The first-order valence-electron chi connectivity index (χ1n) is 12.3. The molecule has 184 valence electrons. The van der Waals surface area contributed by atoms with Crippen LogP contribution in [0.25, 0.3) is 10.9 Å². The van der Waals surface area contributed by atoms with E-state index in [1.807, 2.05) is 37.2 Å². The van der Waals surface area contributed by atoms with E-state index in [9.17, 15) is 4.79 Å². The minimum atomic E-state index is 0.327. The SMILES string of the molecule is COc1ccc(NC=O)c(C2CC2c2ccc3c(Nc4nc(N(C)C)nc5c4CCC5)n[nH]c3c2)c1. The fraction of sp³-hybridized carbons (Fsp3) is 0.333. The molecule has 4 aromatic rings. The molecule has 2 aliphatic carbocycles. The smallest absolute Gasteiger partial charge is 0.227 e. The number of aromatic nitrogens is 4. The number of aryl methyl sites for hydroxylation is 1. The zero-order valence-electron chi connectivity index (χ0n) is 20.6. The Morgan fingerprint density at radius 2 is 1.97 bits per heavy atom. The normalized spacial score (nSPS) is 18.1. The molecule has 2 atom stereocenters. The average molecular weight is 484 g/mol. The summed E-state index contributed by atoms with van der Waals surface area (Å²) in [5.74, 6) is 3.82. The minimum Gasteiger partial charge on any atom is -0.497 e. The fourth-order valence-corrected chi connectivity index (χ4v) is 5.27. The molecule has 1 amide bonds. The van der Waals surface area contributed by atoms with Gasteiger partial charge in [0.05, 0.1) is 18.3 Å². The standard InChI is InChI=1S/C27H29N7O2/c1-34(2)27-29-23-6-4-5-17(23)25(31-27)30-26-18-9-7-15(11-24(18)32-33-26)19-13-20(19)21-12-16(36-3)8-10-22(21)28-14-35/h7-12,14,19-20H,4-6,13H2,1-3H3,(H,28,35)(H2,29,30,31,32,33). The van der Waals surface area contributed by atoms with Crippen LogP contribution in [0.2, 0.25) is 0 Å². The summed E-state index contributed by atoms with van der Waals surface area (Å²) < 4.78 is 5.42. The number of fused-ring (bicyclic) bond motifs is 2. The molecule has 2 aromatic carbocycles. The Morgan fingerprint density at radius 3 is 2.78 bits per heavy atom. The van der Waals surface area contributed by atoms with E-state index in [0.717, 1.165) is 77.3 Å². The summed E-state index contributed by atoms with van der Waals surface area (Å²) in [5.41, 5.74) is 6.48. The van der Waals surface area contributed by atoms with Crippen molar-refractivity contribution in [2.45, 2.75) is 37.5 Å². The van der Waals surface area contributed by atoms with Gasteiger partial charge in [-0.1, -0.05) is 6.07 Å². The van der Waals surface area contributed by atoms with Gasteiger partial charge in [-0.3, -0.25) is 9.89 Å². The van der Waals surface area contributed by atoms with Crippen LogP contribution in [0.5, 0.6) is 5.75 Å². The Hall–Kier alpha value is -4.14. The van der Waals surface area contributed by atoms with Crippen molar-refractivity contribution in [3.8, 4) is 5.75 Å². The average Bonchev–Trinajstić information content (AvgIpc) is 3.35. The Kier molecular flexibility index (Phi) is 5.47. The second-order valence-corrected chi connectivity index (χ2v) is 9.71. The number of hydrogen-bond acceptors (Lipinski definition) is 7. The lowest BCUT2D eigenvalue weighted by molar-refractivity contribution is -0.105. The van der Waals surface area contributed by atoms with Crippen molar-refractivity contribution >= 4 is 40.6 Å². The maximum absolute atomic E-state index is 11.1. The fourth-order valence-electron chi connectivity index (χ4n) is 5.27. The number of aromatic amines is 1. The van der Waals surface area contributed by atoms with E-state index in [-0.39, 0.29) is 0 Å². The summed E-state index contributed by atoms with van der Waals surface area (Å²) in [6.45, 7) is 0. The Labute approximate surface area is 209 Å². The maximum Gasteiger partial charge on any atom is 0.227 e. The lowest BCUT2D eigenvalue weighted by atomic mass is 10.0. The van der Waals surface area contributed by atoms with Gasteiger partial charge in [0.2, 0.25) is 12.4 Å². The van der Waals surface area contributed by atoms with E-state index in [1.54, 1.807) is 7.11 Å². The second kappa shape index (κ2) is 8.82. The number of ether oxygens (including phenoxy) is 1. The number of rotatable bonds is 8. The lowest BCUT2D eigenvalue weighted by Crippen LogP contribution is -2.15. The number of benzene rings is 2. The molecule has 6 rings (SSSR count). The number of carbonyl (C=O) groups excluding carboxylic acids is 1. The van der Waals surface area contributed by atoms with Gasteiger partial charge in [-0.25, -0.2) is 4.98 Å². The van der Waals surface area contributed by atoms with Gasteiger partial charge in [-0.15, -0.1) is 0 Å². The monoisotopic (exact) mass is 483 g/mol. The van der Waals surface area contributed by atoms with Crippen molar-refractivity contribution in [1.82, 2.24) is 20.2 Å². The molecule has 36 heavy (non-hydrogen) atoms. The van der Waals surface area contributed by atoms with Crippen molar-refractivity contribution in [3.63, 3.8) is 0 Å². The molecule has 2 unspecified atom stereocenters. The molecule has 0 saturated heterocycles. The van der Waals surface area contributed by atoms with Crippen LogP contribution in [0.4, 0.5) is 23.3 Å². The van der Waals surface area contributed by atoms with Crippen LogP contribution >= 0.6 is 0 Å². The van der Waals surface area contributed by atoms with Gasteiger partial charge in [0.25, 0.3) is 0 Å². The predicted molar refractivity (Wildman–Crippen MR) is 141 cm³/mol. The minimum absolute atomic E-state index is 0.327. The van der Waals surface area contributed by atoms with E-state index in [1.165, 1.54) is 11.1 Å². The van der Waals surface area contributed by atoms with E-state index < -0.39 is 0 Å². The Balaban J connectivity index is 1.27. The van der Waals surface area contributed by atoms with Crippen LogP contribution in [-0.2, 0) is 17.6 Å². The molecule has 3 N–H and O–H groups in total. The van der Waals surface area contributed by atoms with Crippen LogP contribution in [-0.4, -0.2) is 47.8 Å². The number of methoxy groups -OCH3 is 1. The Morgan fingerprint density at radius 1 is 1.08 bits per heavy atom. The van der Waals surface area contributed by atoms with Crippen LogP contribution in [0.1, 0.15) is 47.1 Å². The molecular formula is C27H29N7O2. The molecule has 9 nitrogen and oxygen atoms in total. The number of H-pyrrole nitrogens is 1. The van der Waals surface area contributed by atoms with Crippen molar-refractivity contribution in [2.24, 2.45) is 0 Å². The number of hydrogen-bond donors (Lipinski definition) is 3. The van der Waals surface area contributed by atoms with Crippen molar-refractivity contribution in [1.29, 1.82) is 0 Å². The molecule has 2 aliphatic rings. The van der Waals surface area contributed by atoms with Crippen LogP contribution in [0.15, 0.2) is 36.4 Å². The van der Waals surface area contributed by atoms with E-state index in [0.29, 0.717) is 17.8 Å². The third-order valence-corrected chi connectivity index (χ3v) is 7.24. The summed E-state index contributed by atoms with van der Waals surface area (Å²) in [4.78, 5) is 22.5. The highest BCUT2D eigenvalue weighted by atomic mass is 16.5. The summed E-state index contributed by atoms with van der Waals surface area (Å²) >= 11 is 0. The van der Waals surface area contributed by atoms with Crippen molar-refractivity contribution in [2.75, 3.05) is 36.7 Å². The van der Waals surface area contributed by atoms with E-state index >= 15 is 0 Å². The molecule has 0 spiro atoms. The maximum atomic E-state index is 11.1. The highest BCUT2D eigenvalue weighted by Crippen LogP contribution is 2.57. The molecule has 9 heteroatoms. The highest BCUT2D eigenvalue weighted by Gasteiger charge is 2.41. The largest absolute Gasteiger partial charge is 0.497 e. The summed E-state index contributed by atoms with van der Waals surface area (Å²) in [5, 5.41) is 15.1. The molecular weight excluding hydrogens is 454 g/mol. The summed E-state index contributed by atoms with van der Waals surface area (Å²) in [6, 6.07) is 12.3. The zero-order chi connectivity index (χ0) is 24.8. The third kappa shape index (κ3) is 3.90. The van der Waals surface area contributed by atoms with Gasteiger partial charge in [-0.2, -0.15) is 10.1 Å². The first kappa shape index (κ1) is 22.3. The first-order valence-corrected chi connectivity index (χ1v) is 12.3. The van der Waals surface area contributed by atoms with Gasteiger partial charge < -0.3 is 20.3 Å². The summed E-state index contributed by atoms with van der Waals surface area (Å²) in [7, 11) is 5.58. The van der Waals surface area contributed by atoms with Crippen LogP contribution in [0, 0.1) is 0 Å². The molecule has 0 aliphatic heterocycles. The number of amides is 1. The first-order chi connectivity index (χ1) is 17.6. The number of nitrogens with one attached hydrogen (secondary N) is 3. The zero-order valence-corrected chi connectivity index (χ0v) is 20.6. The number of anilines is 4. The predicted octanol–water partition coefficient (Wildman–Crippen LogP) is 4.50. The molecule has 2 aromatic heterocycles. The van der Waals surface area contributed by atoms with Gasteiger partial charge in [0.1, 0.15) is 11.6 Å². The van der Waals surface area contributed by atoms with Gasteiger partial charge in [0.15, 0.2) is 5.82 Å². The molecule has 2 heterocycles. The molecule has 0 radical (unpaired) electrons. The molecule has 1 fully saturated rings. The van der Waals surface area contributed by atoms with E-state index in [4.69, 9.17) is 14.7 Å². The van der Waals surface area contributed by atoms with Crippen LogP contribution in [0.3, 0.4) is 0 Å².